The van der Waals surface area contributed by atoms with Crippen LogP contribution in [0, 0.1) is 11.8 Å². The second-order valence-electron chi connectivity index (χ2n) is 24.1. The molecule has 8 rings (SSSR count). The average molecular weight is 1360 g/mol. The van der Waals surface area contributed by atoms with Gasteiger partial charge in [-0.05, 0) is 107 Å². The SMILES string of the molecule is CCC(C)(C)Sc1ncc(C#CCCCC(=O)NCc2cn(CCOCCCNC(=O)COCC(=O)N[C@@H](CCCCN)C(=O)Nc3ccc(COC(=O)O[C@]4(CC)C(=O)OCc5c4cc4n(c5=O)Cc5c-4nc4ccccc4c5CCN(C(C)C)S(C)(=O)=O)cc3)nn2)cn1. The molecule has 0 saturated heterocycles. The van der Waals surface area contributed by atoms with Crippen LogP contribution in [0.5, 0.6) is 0 Å². The summed E-state index contributed by atoms with van der Waals surface area (Å²) < 4.78 is 58.1. The van der Waals surface area contributed by atoms with Crippen LogP contribution in [0.3, 0.4) is 0 Å². The van der Waals surface area contributed by atoms with Crippen molar-refractivity contribution in [2.24, 2.45) is 5.73 Å². The summed E-state index contributed by atoms with van der Waals surface area (Å²) in [6, 6.07) is 14.2. The van der Waals surface area contributed by atoms with Gasteiger partial charge in [-0.2, -0.15) is 4.31 Å². The largest absolute Gasteiger partial charge is 0.510 e. The van der Waals surface area contributed by atoms with Gasteiger partial charge in [0.2, 0.25) is 39.3 Å². The summed E-state index contributed by atoms with van der Waals surface area (Å²) in [5.41, 5.74) is 8.73. The van der Waals surface area contributed by atoms with Gasteiger partial charge in [0.05, 0.1) is 66.7 Å². The Labute approximate surface area is 562 Å². The number of carbonyl (C=O) groups is 6. The number of fused-ring (bicyclic) bond motifs is 5. The first kappa shape index (κ1) is 73.2. The van der Waals surface area contributed by atoms with Crippen molar-refractivity contribution in [3.05, 3.63) is 123 Å². The maximum atomic E-state index is 14.4. The van der Waals surface area contributed by atoms with Gasteiger partial charge in [-0.15, -0.1) is 5.10 Å². The van der Waals surface area contributed by atoms with Crippen LogP contribution in [0.25, 0.3) is 22.3 Å². The van der Waals surface area contributed by atoms with Gasteiger partial charge in [-0.3, -0.25) is 24.0 Å². The molecule has 6 heterocycles. The van der Waals surface area contributed by atoms with Crippen LogP contribution in [0.15, 0.2) is 83.1 Å². The Balaban J connectivity index is 0.728. The van der Waals surface area contributed by atoms with Crippen molar-refractivity contribution < 1.29 is 60.9 Å². The minimum absolute atomic E-state index is 0.0588. The van der Waals surface area contributed by atoms with E-state index in [1.807, 2.05) is 38.1 Å². The second-order valence-corrected chi connectivity index (χ2v) is 27.7. The van der Waals surface area contributed by atoms with Crippen molar-refractivity contribution in [2.45, 2.75) is 166 Å². The minimum atomic E-state index is -3.54. The molecule has 4 aromatic heterocycles. The molecule has 2 aromatic carbocycles. The molecular formula is C67H85N13O14S2. The summed E-state index contributed by atoms with van der Waals surface area (Å²) in [6.07, 6.45) is 9.73. The predicted octanol–water partition coefficient (Wildman–Crippen LogP) is 5.95. The van der Waals surface area contributed by atoms with Gasteiger partial charge in [-0.25, -0.2) is 37.6 Å². The van der Waals surface area contributed by atoms with E-state index in [9.17, 15) is 42.0 Å². The number of thioether (sulfide) groups is 1. The number of benzene rings is 2. The molecule has 29 heteroatoms. The zero-order valence-electron chi connectivity index (χ0n) is 55.3. The summed E-state index contributed by atoms with van der Waals surface area (Å²) in [7, 11) is -3.54. The molecule has 0 aliphatic carbocycles. The Kier molecular flexibility index (Phi) is 26.2. The number of aromatic nitrogens is 7. The molecule has 0 radical (unpaired) electrons. The Morgan fingerprint density at radius 3 is 2.42 bits per heavy atom. The van der Waals surface area contributed by atoms with Crippen molar-refractivity contribution in [1.29, 1.82) is 0 Å². The lowest BCUT2D eigenvalue weighted by Crippen LogP contribution is -2.47. The van der Waals surface area contributed by atoms with Crippen LogP contribution < -0.4 is 32.6 Å². The number of nitrogens with two attached hydrogens (primary N) is 1. The van der Waals surface area contributed by atoms with Gasteiger partial charge in [0.1, 0.15) is 38.2 Å². The summed E-state index contributed by atoms with van der Waals surface area (Å²) in [4.78, 5) is 107. The normalized spacial score (nSPS) is 14.4. The highest BCUT2D eigenvalue weighted by Gasteiger charge is 2.51. The van der Waals surface area contributed by atoms with Crippen molar-refractivity contribution in [3.8, 4) is 23.2 Å². The minimum Gasteiger partial charge on any atom is -0.457 e. The number of unbranched alkanes of at least 4 members (excludes halogenated alkanes) is 2. The third kappa shape index (κ3) is 20.0. The van der Waals surface area contributed by atoms with Crippen LogP contribution in [0.1, 0.15) is 138 Å². The monoisotopic (exact) mass is 1360 g/mol. The molecule has 27 nitrogen and oxygen atoms in total. The third-order valence-corrected chi connectivity index (χ3v) is 18.9. The maximum Gasteiger partial charge on any atom is 0.510 e. The number of cyclic esters (lactones) is 1. The predicted molar refractivity (Wildman–Crippen MR) is 358 cm³/mol. The highest BCUT2D eigenvalue weighted by molar-refractivity contribution is 8.00. The van der Waals surface area contributed by atoms with Crippen molar-refractivity contribution in [1.82, 2.24) is 54.8 Å². The fraction of sp³-hybridized carbons (Fsp3) is 0.493. The summed E-state index contributed by atoms with van der Waals surface area (Å²) in [6.45, 7) is 12.5. The molecule has 4 amide bonds. The van der Waals surface area contributed by atoms with E-state index in [1.165, 1.54) is 10.6 Å². The Bertz CT molecular complexity index is 3980. The fourth-order valence-electron chi connectivity index (χ4n) is 10.8. The molecule has 0 spiro atoms. The summed E-state index contributed by atoms with van der Waals surface area (Å²) >= 11 is 1.63. The average Bonchev–Trinajstić information content (AvgIpc) is 1.48. The van der Waals surface area contributed by atoms with E-state index in [1.54, 1.807) is 76.9 Å². The Hall–Kier alpha value is -8.66. The number of nitrogens with zero attached hydrogens (tertiary/aromatic N) is 8. The number of carbonyl (C=O) groups excluding carboxylic acids is 6. The van der Waals surface area contributed by atoms with Crippen LogP contribution in [-0.2, 0) is 103 Å². The highest BCUT2D eigenvalue weighted by Crippen LogP contribution is 2.43. The Morgan fingerprint density at radius 2 is 1.69 bits per heavy atom. The van der Waals surface area contributed by atoms with Crippen LogP contribution in [0.4, 0.5) is 10.5 Å². The smallest absolute Gasteiger partial charge is 0.457 e. The molecule has 2 aliphatic heterocycles. The van der Waals surface area contributed by atoms with E-state index in [-0.39, 0.29) is 73.5 Å². The van der Waals surface area contributed by atoms with E-state index in [0.29, 0.717) is 112 Å². The molecule has 0 bridgehead atoms. The lowest BCUT2D eigenvalue weighted by atomic mass is 9.85. The zero-order chi connectivity index (χ0) is 69.0. The Morgan fingerprint density at radius 1 is 0.927 bits per heavy atom. The highest BCUT2D eigenvalue weighted by atomic mass is 32.2. The number of rotatable bonds is 35. The van der Waals surface area contributed by atoms with Gasteiger partial charge in [-0.1, -0.05) is 86.8 Å². The van der Waals surface area contributed by atoms with Crippen LogP contribution in [-0.4, -0.2) is 152 Å². The van der Waals surface area contributed by atoms with Crippen molar-refractivity contribution in [3.63, 3.8) is 0 Å². The molecule has 6 aromatic rings. The molecule has 514 valence electrons. The number of hydrogen-bond donors (Lipinski definition) is 5. The summed E-state index contributed by atoms with van der Waals surface area (Å²) in [5.74, 6) is 3.56. The summed E-state index contributed by atoms with van der Waals surface area (Å²) in [5, 5.41) is 20.8. The number of nitrogens with one attached hydrogen (secondary N) is 4. The molecule has 2 aliphatic rings. The van der Waals surface area contributed by atoms with E-state index in [0.717, 1.165) is 33.7 Å². The van der Waals surface area contributed by atoms with E-state index >= 15 is 0 Å². The maximum absolute atomic E-state index is 14.4. The first-order chi connectivity index (χ1) is 46.0. The number of esters is 1. The van der Waals surface area contributed by atoms with E-state index < -0.39 is 70.3 Å². The second kappa shape index (κ2) is 34.3. The molecule has 0 fully saturated rings. The first-order valence-electron chi connectivity index (χ1n) is 32.2. The third-order valence-electron chi connectivity index (χ3n) is 16.3. The van der Waals surface area contributed by atoms with E-state index in [4.69, 9.17) is 34.4 Å². The standard InChI is InChI=1S/C67H85N13O14S2/c1-8-66(5,6)95-64-71-35-46(36-72-64)18-11-10-12-22-57(81)70-37-48-38-78(77-76-48)31-33-90-32-17-29-69-58(82)42-91-43-59(83)74-55(21-15-16-28-68)61(84)73-47-25-23-45(24-26-47)40-93-65(87)94-67(9-2)53-34-56-60-51(39-79(56)62(85)52(53)41-92-63(67)86)49(50-19-13-14-20-54(50)75-60)27-30-80(44(3)4)96(7,88)89/h13-14,19-20,23-26,34-36,38,44,55H,8-10,12,15-17,21-22,27-33,37,39-43,68H2,1-7H3,(H,69,82)(H,70,81)(H,73,84)(H,74,83)/t55-,67-/m0/s1. The first-order valence-corrected chi connectivity index (χ1v) is 34.8. The lowest BCUT2D eigenvalue weighted by Gasteiger charge is -2.35. The molecule has 2 atom stereocenters. The van der Waals surface area contributed by atoms with Gasteiger partial charge in [0, 0.05) is 77.9 Å². The van der Waals surface area contributed by atoms with Gasteiger partial charge >= 0.3 is 12.1 Å². The topological polar surface area (TPSA) is 351 Å². The molecule has 0 saturated carbocycles. The van der Waals surface area contributed by atoms with Crippen LogP contribution in [0.2, 0.25) is 0 Å². The molecule has 6 N–H and O–H groups in total. The van der Waals surface area contributed by atoms with Gasteiger partial charge in [0.25, 0.3) is 5.56 Å². The van der Waals surface area contributed by atoms with Gasteiger partial charge < -0.3 is 55.3 Å². The number of sulfonamides is 1. The number of pyridine rings is 2. The fourth-order valence-corrected chi connectivity index (χ4v) is 12.9. The lowest BCUT2D eigenvalue weighted by molar-refractivity contribution is -0.175. The molecular weight excluding hydrogens is 1270 g/mol. The number of hydrogen-bond acceptors (Lipinski definition) is 21. The molecule has 96 heavy (non-hydrogen) atoms. The van der Waals surface area contributed by atoms with Crippen molar-refractivity contribution in [2.75, 3.05) is 57.6 Å². The quantitative estimate of drug-likeness (QED) is 0.0101. The number of para-hydroxylation sites is 1. The van der Waals surface area contributed by atoms with Crippen LogP contribution >= 0.6 is 11.8 Å². The van der Waals surface area contributed by atoms with Crippen molar-refractivity contribution >= 4 is 74.1 Å². The molecule has 0 unspecified atom stereocenters. The zero-order valence-corrected chi connectivity index (χ0v) is 57.0. The number of amides is 4. The van der Waals surface area contributed by atoms with E-state index in [2.05, 4.69) is 74.2 Å². The van der Waals surface area contributed by atoms with Gasteiger partial charge in [0.15, 0.2) is 5.16 Å². The number of anilines is 1. The number of ether oxygens (including phenoxy) is 5.